The Balaban J connectivity index is 1.93. The Hall–Kier alpha value is -2.00. The SMILES string of the molecule is CCCCCCSc1ccc(C(=O)/C=C/c2cc(C)c(O)c(C)c2)cc1. The summed E-state index contributed by atoms with van der Waals surface area (Å²) in [6.07, 6.45) is 8.50. The molecule has 0 saturated heterocycles. The first-order valence-electron chi connectivity index (χ1n) is 9.26. The third-order valence-electron chi connectivity index (χ3n) is 4.35. The van der Waals surface area contributed by atoms with Gasteiger partial charge in [-0.1, -0.05) is 32.3 Å². The fourth-order valence-corrected chi connectivity index (χ4v) is 3.70. The summed E-state index contributed by atoms with van der Waals surface area (Å²) in [5.74, 6) is 1.44. The van der Waals surface area contributed by atoms with E-state index < -0.39 is 0 Å². The highest BCUT2D eigenvalue weighted by Gasteiger charge is 2.04. The van der Waals surface area contributed by atoms with Gasteiger partial charge in [0.2, 0.25) is 0 Å². The van der Waals surface area contributed by atoms with Crippen molar-refractivity contribution in [3.63, 3.8) is 0 Å². The van der Waals surface area contributed by atoms with Gasteiger partial charge in [0, 0.05) is 10.5 Å². The maximum atomic E-state index is 12.4. The number of rotatable bonds is 9. The number of aromatic hydroxyl groups is 1. The van der Waals surface area contributed by atoms with Crippen LogP contribution in [0.25, 0.3) is 6.08 Å². The van der Waals surface area contributed by atoms with Gasteiger partial charge in [0.25, 0.3) is 0 Å². The molecule has 0 atom stereocenters. The minimum Gasteiger partial charge on any atom is -0.507 e. The predicted molar refractivity (Wildman–Crippen MR) is 112 cm³/mol. The van der Waals surface area contributed by atoms with Crippen LogP contribution in [0.2, 0.25) is 0 Å². The maximum absolute atomic E-state index is 12.4. The molecule has 0 spiro atoms. The third kappa shape index (κ3) is 6.06. The van der Waals surface area contributed by atoms with Crippen LogP contribution in [0.4, 0.5) is 0 Å². The number of allylic oxidation sites excluding steroid dienone is 1. The summed E-state index contributed by atoms with van der Waals surface area (Å²) in [5, 5.41) is 9.82. The van der Waals surface area contributed by atoms with Gasteiger partial charge in [-0.15, -0.1) is 11.8 Å². The second-order valence-electron chi connectivity index (χ2n) is 6.63. The highest BCUT2D eigenvalue weighted by Crippen LogP contribution is 2.24. The van der Waals surface area contributed by atoms with Crippen molar-refractivity contribution in [3.05, 3.63) is 64.7 Å². The van der Waals surface area contributed by atoms with Crippen molar-refractivity contribution in [2.24, 2.45) is 0 Å². The van der Waals surface area contributed by atoms with Crippen molar-refractivity contribution in [3.8, 4) is 5.75 Å². The van der Waals surface area contributed by atoms with Gasteiger partial charge in [-0.3, -0.25) is 4.79 Å². The molecule has 0 aliphatic heterocycles. The van der Waals surface area contributed by atoms with Gasteiger partial charge >= 0.3 is 0 Å². The van der Waals surface area contributed by atoms with E-state index in [1.54, 1.807) is 12.2 Å². The largest absolute Gasteiger partial charge is 0.507 e. The molecular formula is C23H28O2S. The zero-order valence-electron chi connectivity index (χ0n) is 15.9. The molecular weight excluding hydrogens is 340 g/mol. The van der Waals surface area contributed by atoms with Gasteiger partial charge in [-0.05, 0) is 85.2 Å². The molecule has 26 heavy (non-hydrogen) atoms. The quantitative estimate of drug-likeness (QED) is 0.235. The smallest absolute Gasteiger partial charge is 0.185 e. The van der Waals surface area contributed by atoms with Crippen LogP contribution in [0.1, 0.15) is 59.7 Å². The number of ketones is 1. The van der Waals surface area contributed by atoms with E-state index in [2.05, 4.69) is 6.92 Å². The van der Waals surface area contributed by atoms with E-state index >= 15 is 0 Å². The van der Waals surface area contributed by atoms with Crippen LogP contribution >= 0.6 is 11.8 Å². The zero-order chi connectivity index (χ0) is 18.9. The molecule has 0 aliphatic rings. The number of phenolic OH excluding ortho intramolecular Hbond substituents is 1. The number of phenols is 1. The first-order valence-corrected chi connectivity index (χ1v) is 10.2. The molecule has 2 rings (SSSR count). The monoisotopic (exact) mass is 368 g/mol. The Bertz CT molecular complexity index is 737. The lowest BCUT2D eigenvalue weighted by atomic mass is 10.0. The van der Waals surface area contributed by atoms with Gasteiger partial charge in [-0.25, -0.2) is 0 Å². The van der Waals surface area contributed by atoms with E-state index in [1.165, 1.54) is 30.6 Å². The second kappa shape index (κ2) is 10.2. The lowest BCUT2D eigenvalue weighted by Crippen LogP contribution is -1.94. The molecule has 138 valence electrons. The average molecular weight is 369 g/mol. The number of aryl methyl sites for hydroxylation is 2. The zero-order valence-corrected chi connectivity index (χ0v) is 16.7. The van der Waals surface area contributed by atoms with Crippen molar-refractivity contribution in [2.75, 3.05) is 5.75 Å². The summed E-state index contributed by atoms with van der Waals surface area (Å²) in [5.41, 5.74) is 3.25. The minimum atomic E-state index is -0.00660. The summed E-state index contributed by atoms with van der Waals surface area (Å²) in [4.78, 5) is 13.6. The Morgan fingerprint density at radius 3 is 2.31 bits per heavy atom. The van der Waals surface area contributed by atoms with Gasteiger partial charge in [0.15, 0.2) is 5.78 Å². The van der Waals surface area contributed by atoms with E-state index in [0.29, 0.717) is 11.3 Å². The fraction of sp³-hybridized carbons (Fsp3) is 0.348. The van der Waals surface area contributed by atoms with Crippen LogP contribution in [0.3, 0.4) is 0 Å². The first kappa shape index (κ1) is 20.3. The van der Waals surface area contributed by atoms with E-state index in [0.717, 1.165) is 22.4 Å². The summed E-state index contributed by atoms with van der Waals surface area (Å²) in [6, 6.07) is 11.6. The topological polar surface area (TPSA) is 37.3 Å². The number of unbranched alkanes of at least 4 members (excludes halogenated alkanes) is 3. The number of carbonyl (C=O) groups is 1. The van der Waals surface area contributed by atoms with Crippen molar-refractivity contribution < 1.29 is 9.90 Å². The molecule has 2 aromatic rings. The average Bonchev–Trinajstić information content (AvgIpc) is 2.64. The van der Waals surface area contributed by atoms with Crippen LogP contribution in [0.5, 0.6) is 5.75 Å². The molecule has 0 fully saturated rings. The molecule has 2 nitrogen and oxygen atoms in total. The van der Waals surface area contributed by atoms with Crippen LogP contribution in [0.15, 0.2) is 47.4 Å². The molecule has 0 saturated carbocycles. The fourth-order valence-electron chi connectivity index (χ4n) is 2.79. The van der Waals surface area contributed by atoms with Crippen LogP contribution < -0.4 is 0 Å². The van der Waals surface area contributed by atoms with Gasteiger partial charge in [-0.2, -0.15) is 0 Å². The van der Waals surface area contributed by atoms with Crippen molar-refractivity contribution in [1.29, 1.82) is 0 Å². The lowest BCUT2D eigenvalue weighted by molar-refractivity contribution is 0.104. The highest BCUT2D eigenvalue weighted by atomic mass is 32.2. The summed E-state index contributed by atoms with van der Waals surface area (Å²) in [6.45, 7) is 5.95. The molecule has 0 radical (unpaired) electrons. The number of benzene rings is 2. The van der Waals surface area contributed by atoms with E-state index in [4.69, 9.17) is 0 Å². The van der Waals surface area contributed by atoms with Gasteiger partial charge < -0.3 is 5.11 Å². The van der Waals surface area contributed by atoms with E-state index in [1.807, 2.05) is 62.0 Å². The standard InChI is InChI=1S/C23H28O2S/c1-4-5-6-7-14-26-21-11-9-20(10-12-21)22(24)13-8-19-15-17(2)23(25)18(3)16-19/h8-13,15-16,25H,4-7,14H2,1-3H3/b13-8+. The molecule has 0 unspecified atom stereocenters. The Labute approximate surface area is 161 Å². The molecule has 0 amide bonds. The van der Waals surface area contributed by atoms with Crippen molar-refractivity contribution >= 4 is 23.6 Å². The van der Waals surface area contributed by atoms with Crippen LogP contribution in [-0.4, -0.2) is 16.6 Å². The van der Waals surface area contributed by atoms with Crippen LogP contribution in [0, 0.1) is 13.8 Å². The second-order valence-corrected chi connectivity index (χ2v) is 7.80. The molecule has 0 aliphatic carbocycles. The first-order chi connectivity index (χ1) is 12.5. The number of carbonyl (C=O) groups excluding carboxylic acids is 1. The lowest BCUT2D eigenvalue weighted by Gasteiger charge is -2.05. The molecule has 0 bridgehead atoms. The maximum Gasteiger partial charge on any atom is 0.185 e. The summed E-state index contributed by atoms with van der Waals surface area (Å²) in [7, 11) is 0. The Morgan fingerprint density at radius 2 is 1.69 bits per heavy atom. The molecule has 0 aromatic heterocycles. The summed E-state index contributed by atoms with van der Waals surface area (Å²) >= 11 is 1.85. The normalized spacial score (nSPS) is 11.2. The van der Waals surface area contributed by atoms with Crippen LogP contribution in [-0.2, 0) is 0 Å². The molecule has 3 heteroatoms. The van der Waals surface area contributed by atoms with E-state index in [-0.39, 0.29) is 5.78 Å². The number of thioether (sulfide) groups is 1. The van der Waals surface area contributed by atoms with Gasteiger partial charge in [0.05, 0.1) is 0 Å². The molecule has 0 heterocycles. The highest BCUT2D eigenvalue weighted by molar-refractivity contribution is 7.99. The van der Waals surface area contributed by atoms with Crippen molar-refractivity contribution in [2.45, 2.75) is 51.3 Å². The van der Waals surface area contributed by atoms with Gasteiger partial charge in [0.1, 0.15) is 5.75 Å². The van der Waals surface area contributed by atoms with Crippen molar-refractivity contribution in [1.82, 2.24) is 0 Å². The third-order valence-corrected chi connectivity index (χ3v) is 5.44. The summed E-state index contributed by atoms with van der Waals surface area (Å²) < 4.78 is 0. The number of hydrogen-bond acceptors (Lipinski definition) is 3. The Kier molecular flexibility index (Phi) is 7.99. The molecule has 1 N–H and O–H groups in total. The minimum absolute atomic E-state index is 0.00660. The predicted octanol–water partition coefficient (Wildman–Crippen LogP) is 6.58. The number of hydrogen-bond donors (Lipinski definition) is 1. The Morgan fingerprint density at radius 1 is 1.04 bits per heavy atom. The molecule has 2 aromatic carbocycles. The van der Waals surface area contributed by atoms with E-state index in [9.17, 15) is 9.90 Å².